The molecule has 0 N–H and O–H groups in total. The molecule has 0 aromatic heterocycles. The zero-order valence-electron chi connectivity index (χ0n) is 5.80. The zero-order valence-corrected chi connectivity index (χ0v) is 6.62. The molecular formula is C7H13OS. The van der Waals surface area contributed by atoms with Gasteiger partial charge in [0, 0.05) is 0 Å². The Morgan fingerprint density at radius 3 is 2.89 bits per heavy atom. The Kier molecular flexibility index (Phi) is 6.21. The lowest BCUT2D eigenvalue weighted by Gasteiger charge is -2.07. The van der Waals surface area contributed by atoms with Gasteiger partial charge in [-0.05, 0) is 19.6 Å². The summed E-state index contributed by atoms with van der Waals surface area (Å²) < 4.78 is 5.21. The Balaban J connectivity index is 3.04. The minimum absolute atomic E-state index is 0.0787. The van der Waals surface area contributed by atoms with Crippen molar-refractivity contribution in [2.75, 3.05) is 12.2 Å². The van der Waals surface area contributed by atoms with Crippen LogP contribution in [-0.4, -0.2) is 18.3 Å². The summed E-state index contributed by atoms with van der Waals surface area (Å²) in [6, 6.07) is 0. The number of ether oxygens (including phenoxy) is 1. The number of thioether (sulfide) groups is 1. The van der Waals surface area contributed by atoms with Crippen molar-refractivity contribution in [2.45, 2.75) is 12.5 Å². The molecule has 0 saturated carbocycles. The largest absolute Gasteiger partial charge is 0.367 e. The molecule has 9 heavy (non-hydrogen) atoms. The molecule has 0 aliphatic heterocycles. The second kappa shape index (κ2) is 6.17. The van der Waals surface area contributed by atoms with Crippen LogP contribution in [-0.2, 0) is 4.74 Å². The minimum Gasteiger partial charge on any atom is -0.367 e. The van der Waals surface area contributed by atoms with Gasteiger partial charge in [0.25, 0.3) is 0 Å². The average Bonchev–Trinajstić information content (AvgIpc) is 1.85. The molecule has 0 heterocycles. The van der Waals surface area contributed by atoms with Gasteiger partial charge in [-0.2, -0.15) is 0 Å². The highest BCUT2D eigenvalue weighted by Gasteiger charge is 1.95. The molecule has 1 unspecified atom stereocenters. The Labute approximate surface area is 61.5 Å². The van der Waals surface area contributed by atoms with Crippen molar-refractivity contribution in [1.82, 2.24) is 0 Å². The summed E-state index contributed by atoms with van der Waals surface area (Å²) in [5.74, 6) is 0.724. The van der Waals surface area contributed by atoms with Crippen molar-refractivity contribution in [3.8, 4) is 0 Å². The van der Waals surface area contributed by atoms with Crippen molar-refractivity contribution >= 4 is 11.8 Å². The fourth-order valence-corrected chi connectivity index (χ4v) is 0.747. The van der Waals surface area contributed by atoms with Crippen molar-refractivity contribution in [2.24, 2.45) is 0 Å². The van der Waals surface area contributed by atoms with Crippen LogP contribution in [0.1, 0.15) is 6.42 Å². The molecule has 0 spiro atoms. The van der Waals surface area contributed by atoms with Gasteiger partial charge < -0.3 is 4.74 Å². The lowest BCUT2D eigenvalue weighted by atomic mass is 10.3. The van der Waals surface area contributed by atoms with E-state index in [2.05, 4.69) is 13.5 Å². The fraction of sp³-hybridized carbons (Fsp3) is 0.571. The van der Waals surface area contributed by atoms with E-state index in [0.717, 1.165) is 12.4 Å². The van der Waals surface area contributed by atoms with E-state index in [1.807, 2.05) is 12.3 Å². The van der Waals surface area contributed by atoms with E-state index in [9.17, 15) is 0 Å². The standard InChI is InChI=1S/C7H13OS/c1-4-5-7(2)8-6-9-3/h4,7H,1-2,5-6H2,3H3. The van der Waals surface area contributed by atoms with Gasteiger partial charge in [0.15, 0.2) is 0 Å². The molecule has 1 atom stereocenters. The molecule has 0 aliphatic rings. The SMILES string of the molecule is [CH2]C(CC=C)OCSC. The molecule has 0 amide bonds. The molecule has 0 aliphatic carbocycles. The summed E-state index contributed by atoms with van der Waals surface area (Å²) in [7, 11) is 0. The minimum atomic E-state index is 0.0787. The maximum atomic E-state index is 5.21. The molecule has 0 fully saturated rings. The van der Waals surface area contributed by atoms with E-state index < -0.39 is 0 Å². The summed E-state index contributed by atoms with van der Waals surface area (Å²) in [6.07, 6.45) is 4.73. The summed E-state index contributed by atoms with van der Waals surface area (Å²) in [6.45, 7) is 7.34. The molecule has 0 rings (SSSR count). The second-order valence-corrected chi connectivity index (χ2v) is 2.53. The Bertz CT molecular complexity index is 73.3. The number of hydrogen-bond donors (Lipinski definition) is 0. The van der Waals surface area contributed by atoms with Gasteiger partial charge in [0.2, 0.25) is 0 Å². The quantitative estimate of drug-likeness (QED) is 0.433. The average molecular weight is 145 g/mol. The van der Waals surface area contributed by atoms with E-state index in [0.29, 0.717) is 0 Å². The predicted octanol–water partition coefficient (Wildman–Crippen LogP) is 2.10. The van der Waals surface area contributed by atoms with Crippen LogP contribution in [0.3, 0.4) is 0 Å². The van der Waals surface area contributed by atoms with Crippen LogP contribution in [0, 0.1) is 6.92 Å². The molecule has 0 bridgehead atoms. The van der Waals surface area contributed by atoms with Gasteiger partial charge >= 0.3 is 0 Å². The van der Waals surface area contributed by atoms with Crippen molar-refractivity contribution in [1.29, 1.82) is 0 Å². The topological polar surface area (TPSA) is 9.23 Å². The Morgan fingerprint density at radius 2 is 2.44 bits per heavy atom. The van der Waals surface area contributed by atoms with Crippen LogP contribution in [0.15, 0.2) is 12.7 Å². The zero-order chi connectivity index (χ0) is 7.11. The Morgan fingerprint density at radius 1 is 1.78 bits per heavy atom. The van der Waals surface area contributed by atoms with E-state index in [-0.39, 0.29) is 6.10 Å². The lowest BCUT2D eigenvalue weighted by molar-refractivity contribution is 0.128. The lowest BCUT2D eigenvalue weighted by Crippen LogP contribution is -2.05. The molecule has 1 radical (unpaired) electrons. The van der Waals surface area contributed by atoms with Gasteiger partial charge in [-0.25, -0.2) is 0 Å². The van der Waals surface area contributed by atoms with E-state index >= 15 is 0 Å². The first kappa shape index (κ1) is 9.05. The van der Waals surface area contributed by atoms with Crippen molar-refractivity contribution in [3.63, 3.8) is 0 Å². The Hall–Kier alpha value is 0.0500. The highest BCUT2D eigenvalue weighted by Crippen LogP contribution is 2.01. The summed E-state index contributed by atoms with van der Waals surface area (Å²) in [5, 5.41) is 0. The molecular weight excluding hydrogens is 132 g/mol. The predicted molar refractivity (Wildman–Crippen MR) is 43.4 cm³/mol. The molecule has 0 saturated heterocycles. The van der Waals surface area contributed by atoms with Gasteiger partial charge in [0.1, 0.15) is 0 Å². The summed E-state index contributed by atoms with van der Waals surface area (Å²) >= 11 is 1.66. The first-order chi connectivity index (χ1) is 4.31. The van der Waals surface area contributed by atoms with Crippen LogP contribution in [0.4, 0.5) is 0 Å². The first-order valence-corrected chi connectivity index (χ1v) is 4.25. The fourth-order valence-electron chi connectivity index (χ4n) is 0.418. The maximum absolute atomic E-state index is 5.21. The normalized spacial score (nSPS) is 13.1. The van der Waals surface area contributed by atoms with Crippen LogP contribution < -0.4 is 0 Å². The van der Waals surface area contributed by atoms with E-state index in [4.69, 9.17) is 4.74 Å². The van der Waals surface area contributed by atoms with Gasteiger partial charge in [0.05, 0.1) is 12.0 Å². The molecule has 0 aromatic rings. The highest BCUT2D eigenvalue weighted by molar-refractivity contribution is 7.98. The summed E-state index contributed by atoms with van der Waals surface area (Å²) in [4.78, 5) is 0. The molecule has 1 nitrogen and oxygen atoms in total. The number of rotatable bonds is 5. The van der Waals surface area contributed by atoms with Gasteiger partial charge in [-0.1, -0.05) is 6.08 Å². The van der Waals surface area contributed by atoms with Crippen molar-refractivity contribution < 1.29 is 4.74 Å². The van der Waals surface area contributed by atoms with Crippen LogP contribution in [0.2, 0.25) is 0 Å². The molecule has 2 heteroatoms. The third-order valence-corrected chi connectivity index (χ3v) is 1.22. The van der Waals surface area contributed by atoms with E-state index in [1.54, 1.807) is 11.8 Å². The smallest absolute Gasteiger partial charge is 0.0922 e. The molecule has 0 aromatic carbocycles. The third-order valence-electron chi connectivity index (χ3n) is 0.851. The second-order valence-electron chi connectivity index (χ2n) is 1.72. The highest BCUT2D eigenvalue weighted by atomic mass is 32.2. The molecule has 53 valence electrons. The van der Waals surface area contributed by atoms with Crippen LogP contribution >= 0.6 is 11.8 Å². The summed E-state index contributed by atoms with van der Waals surface area (Å²) in [5.41, 5.74) is 0. The maximum Gasteiger partial charge on any atom is 0.0922 e. The van der Waals surface area contributed by atoms with Gasteiger partial charge in [-0.3, -0.25) is 0 Å². The van der Waals surface area contributed by atoms with Gasteiger partial charge in [-0.15, -0.1) is 18.3 Å². The third kappa shape index (κ3) is 5.93. The van der Waals surface area contributed by atoms with Crippen molar-refractivity contribution in [3.05, 3.63) is 19.6 Å². The monoisotopic (exact) mass is 145 g/mol. The first-order valence-electron chi connectivity index (χ1n) is 2.85. The van der Waals surface area contributed by atoms with Crippen LogP contribution in [0.25, 0.3) is 0 Å². The number of hydrogen-bond acceptors (Lipinski definition) is 2. The van der Waals surface area contributed by atoms with E-state index in [1.165, 1.54) is 0 Å². The van der Waals surface area contributed by atoms with Crippen LogP contribution in [0.5, 0.6) is 0 Å².